The fraction of sp³-hybridized carbons (Fsp3) is 1.00. The summed E-state index contributed by atoms with van der Waals surface area (Å²) in [6.45, 7) is 4.06. The molecule has 0 aromatic carbocycles. The van der Waals surface area contributed by atoms with Crippen molar-refractivity contribution < 1.29 is 13.2 Å². The van der Waals surface area contributed by atoms with Crippen LogP contribution >= 0.6 is 0 Å². The zero-order valence-corrected chi connectivity index (χ0v) is 6.99. The Morgan fingerprint density at radius 1 is 1.50 bits per heavy atom. The molecule has 0 bridgehead atoms. The van der Waals surface area contributed by atoms with Crippen LogP contribution in [0.4, 0.5) is 13.2 Å². The van der Waals surface area contributed by atoms with Crippen LogP contribution in [-0.4, -0.2) is 36.9 Å². The first-order valence-corrected chi connectivity index (χ1v) is 4.08. The topological polar surface area (TPSA) is 15.3 Å². The van der Waals surface area contributed by atoms with E-state index in [1.807, 2.05) is 11.8 Å². The lowest BCUT2D eigenvalue weighted by molar-refractivity contribution is -0.163. The number of hydrogen-bond acceptors (Lipinski definition) is 2. The molecular weight excluding hydrogens is 169 g/mol. The van der Waals surface area contributed by atoms with E-state index in [1.165, 1.54) is 0 Å². The number of likely N-dealkylation sites (N-methyl/N-ethyl adjacent to an activating group) is 1. The van der Waals surface area contributed by atoms with Crippen LogP contribution in [0.5, 0.6) is 0 Å². The third-order valence-corrected chi connectivity index (χ3v) is 2.09. The summed E-state index contributed by atoms with van der Waals surface area (Å²) in [7, 11) is 0. The number of nitrogens with zero attached hydrogens (tertiary/aromatic N) is 1. The number of alkyl halides is 3. The summed E-state index contributed by atoms with van der Waals surface area (Å²) in [5, 5.41) is 1.64. The van der Waals surface area contributed by atoms with Crippen molar-refractivity contribution in [2.75, 3.05) is 19.6 Å². The number of nitrogens with one attached hydrogen (secondary N) is 1. The molecule has 0 aromatic heterocycles. The molecule has 1 saturated heterocycles. The van der Waals surface area contributed by atoms with E-state index < -0.39 is 12.3 Å². The first kappa shape index (κ1) is 9.80. The molecule has 1 N–H and O–H groups in total. The predicted molar refractivity (Wildman–Crippen MR) is 39.7 cm³/mol. The minimum atomic E-state index is -4.23. The van der Waals surface area contributed by atoms with Crippen molar-refractivity contribution in [1.82, 2.24) is 10.2 Å². The van der Waals surface area contributed by atoms with Gasteiger partial charge in [-0.25, -0.2) is 5.32 Å². The molecule has 0 amide bonds. The monoisotopic (exact) mass is 182 g/mol. The van der Waals surface area contributed by atoms with Crippen LogP contribution in [0.15, 0.2) is 0 Å². The Labute approximate surface area is 69.7 Å². The standard InChI is InChI=1S/C7H13F3N2/c1-2-12-4-3-6(5-12)11-7(8,9)10/h6,11H,2-5H2,1H3/t6-/m1/s1. The van der Waals surface area contributed by atoms with Crippen molar-refractivity contribution in [3.8, 4) is 0 Å². The molecule has 12 heavy (non-hydrogen) atoms. The normalized spacial score (nSPS) is 26.5. The maximum Gasteiger partial charge on any atom is 0.457 e. The van der Waals surface area contributed by atoms with Gasteiger partial charge in [0.05, 0.1) is 0 Å². The zero-order valence-electron chi connectivity index (χ0n) is 6.99. The number of rotatable bonds is 2. The van der Waals surface area contributed by atoms with Crippen LogP contribution in [0, 0.1) is 0 Å². The second-order valence-electron chi connectivity index (χ2n) is 3.02. The van der Waals surface area contributed by atoms with Gasteiger partial charge >= 0.3 is 6.30 Å². The SMILES string of the molecule is CCN1CC[C@@H](NC(F)(F)F)C1. The average Bonchev–Trinajstić information content (AvgIpc) is 2.32. The smallest absolute Gasteiger partial charge is 0.302 e. The van der Waals surface area contributed by atoms with Crippen LogP contribution in [0.25, 0.3) is 0 Å². The molecule has 5 heteroatoms. The van der Waals surface area contributed by atoms with Gasteiger partial charge in [-0.05, 0) is 19.5 Å². The fourth-order valence-corrected chi connectivity index (χ4v) is 1.47. The molecule has 1 rings (SSSR count). The van der Waals surface area contributed by atoms with Gasteiger partial charge in [-0.15, -0.1) is 0 Å². The van der Waals surface area contributed by atoms with Crippen LogP contribution in [0.1, 0.15) is 13.3 Å². The number of likely N-dealkylation sites (tertiary alicyclic amines) is 1. The van der Waals surface area contributed by atoms with Gasteiger partial charge in [0.1, 0.15) is 0 Å². The average molecular weight is 182 g/mol. The number of halogens is 3. The Morgan fingerprint density at radius 3 is 2.58 bits per heavy atom. The van der Waals surface area contributed by atoms with Crippen LogP contribution in [0.3, 0.4) is 0 Å². The molecule has 0 radical (unpaired) electrons. The summed E-state index contributed by atoms with van der Waals surface area (Å²) in [6, 6.07) is -0.412. The van der Waals surface area contributed by atoms with Crippen LogP contribution in [0.2, 0.25) is 0 Å². The molecular formula is C7H13F3N2. The molecule has 0 unspecified atom stereocenters. The minimum Gasteiger partial charge on any atom is -0.302 e. The lowest BCUT2D eigenvalue weighted by atomic mass is 10.3. The molecule has 2 nitrogen and oxygen atoms in total. The van der Waals surface area contributed by atoms with Gasteiger partial charge in [-0.1, -0.05) is 6.92 Å². The van der Waals surface area contributed by atoms with Gasteiger partial charge in [0, 0.05) is 12.6 Å². The van der Waals surface area contributed by atoms with E-state index >= 15 is 0 Å². The maximum atomic E-state index is 11.8. The Bertz CT molecular complexity index is 146. The van der Waals surface area contributed by atoms with Crippen LogP contribution in [-0.2, 0) is 0 Å². The van der Waals surface area contributed by atoms with Crippen LogP contribution < -0.4 is 5.32 Å². The van der Waals surface area contributed by atoms with Gasteiger partial charge in [-0.2, -0.15) is 13.2 Å². The van der Waals surface area contributed by atoms with Gasteiger partial charge in [0.15, 0.2) is 0 Å². The Hall–Kier alpha value is -0.290. The van der Waals surface area contributed by atoms with E-state index in [2.05, 4.69) is 0 Å². The van der Waals surface area contributed by atoms with E-state index in [9.17, 15) is 13.2 Å². The molecule has 1 aliphatic rings. The summed E-state index contributed by atoms with van der Waals surface area (Å²) < 4.78 is 35.4. The number of hydrogen-bond donors (Lipinski definition) is 1. The fourth-order valence-electron chi connectivity index (χ4n) is 1.47. The highest BCUT2D eigenvalue weighted by Gasteiger charge is 2.33. The first-order valence-electron chi connectivity index (χ1n) is 4.08. The molecule has 1 fully saturated rings. The second-order valence-corrected chi connectivity index (χ2v) is 3.02. The summed E-state index contributed by atoms with van der Waals surface area (Å²) in [5.41, 5.74) is 0. The molecule has 0 saturated carbocycles. The second kappa shape index (κ2) is 3.62. The molecule has 72 valence electrons. The van der Waals surface area contributed by atoms with Crippen molar-refractivity contribution >= 4 is 0 Å². The summed E-state index contributed by atoms with van der Waals surface area (Å²) >= 11 is 0. The lowest BCUT2D eigenvalue weighted by Crippen LogP contribution is -2.42. The summed E-state index contributed by atoms with van der Waals surface area (Å²) in [4.78, 5) is 2.00. The molecule has 1 aliphatic heterocycles. The third kappa shape index (κ3) is 2.98. The highest BCUT2D eigenvalue weighted by molar-refractivity contribution is 4.80. The quantitative estimate of drug-likeness (QED) is 0.645. The Kier molecular flexibility index (Phi) is 2.95. The highest BCUT2D eigenvalue weighted by Crippen LogP contribution is 2.16. The van der Waals surface area contributed by atoms with Gasteiger partial charge in [-0.3, -0.25) is 0 Å². The van der Waals surface area contributed by atoms with E-state index in [-0.39, 0.29) is 0 Å². The van der Waals surface area contributed by atoms with E-state index in [4.69, 9.17) is 0 Å². The van der Waals surface area contributed by atoms with Crippen molar-refractivity contribution in [1.29, 1.82) is 0 Å². The third-order valence-electron chi connectivity index (χ3n) is 2.09. The van der Waals surface area contributed by atoms with Crippen molar-refractivity contribution in [3.05, 3.63) is 0 Å². The largest absolute Gasteiger partial charge is 0.457 e. The van der Waals surface area contributed by atoms with Crippen molar-refractivity contribution in [2.24, 2.45) is 0 Å². The molecule has 1 heterocycles. The van der Waals surface area contributed by atoms with E-state index in [0.717, 1.165) is 13.1 Å². The van der Waals surface area contributed by atoms with Crippen molar-refractivity contribution in [3.63, 3.8) is 0 Å². The van der Waals surface area contributed by atoms with Gasteiger partial charge in [0.2, 0.25) is 0 Å². The predicted octanol–water partition coefficient (Wildman–Crippen LogP) is 1.19. The lowest BCUT2D eigenvalue weighted by Gasteiger charge is -2.16. The molecule has 0 spiro atoms. The van der Waals surface area contributed by atoms with E-state index in [0.29, 0.717) is 13.0 Å². The zero-order chi connectivity index (χ0) is 9.19. The minimum absolute atomic E-state index is 0.412. The van der Waals surface area contributed by atoms with Crippen molar-refractivity contribution in [2.45, 2.75) is 25.7 Å². The highest BCUT2D eigenvalue weighted by atomic mass is 19.4. The van der Waals surface area contributed by atoms with Gasteiger partial charge in [0.25, 0.3) is 0 Å². The Balaban J connectivity index is 2.28. The molecule has 1 atom stereocenters. The maximum absolute atomic E-state index is 11.8. The first-order chi connectivity index (χ1) is 5.51. The molecule has 0 aromatic rings. The Morgan fingerprint density at radius 2 is 2.17 bits per heavy atom. The van der Waals surface area contributed by atoms with Gasteiger partial charge < -0.3 is 4.90 Å². The summed E-state index contributed by atoms with van der Waals surface area (Å²) in [6.07, 6.45) is -3.64. The molecule has 0 aliphatic carbocycles. The summed E-state index contributed by atoms with van der Waals surface area (Å²) in [5.74, 6) is 0. The van der Waals surface area contributed by atoms with E-state index in [1.54, 1.807) is 5.32 Å².